The Bertz CT molecular complexity index is 1250. The normalized spacial score (nSPS) is 14.7. The second kappa shape index (κ2) is 10.0. The Kier molecular flexibility index (Phi) is 7.25. The van der Waals surface area contributed by atoms with Crippen molar-refractivity contribution in [2.45, 2.75) is 50.9 Å². The number of carbonyl (C=O) groups is 2. The topological polar surface area (TPSA) is 102 Å². The molecule has 4 rings (SSSR count). The van der Waals surface area contributed by atoms with Crippen molar-refractivity contribution in [2.24, 2.45) is 7.05 Å². The maximum atomic E-state index is 13.0. The van der Waals surface area contributed by atoms with Gasteiger partial charge in [-0.15, -0.1) is 11.3 Å². The monoisotopic (exact) mass is 526 g/mol. The fourth-order valence-electron chi connectivity index (χ4n) is 3.43. The zero-order chi connectivity index (χ0) is 25.3. The van der Waals surface area contributed by atoms with E-state index in [2.05, 4.69) is 25.7 Å². The van der Waals surface area contributed by atoms with Crippen molar-refractivity contribution in [1.29, 1.82) is 0 Å². The van der Waals surface area contributed by atoms with E-state index >= 15 is 0 Å². The number of anilines is 1. The van der Waals surface area contributed by atoms with Crippen LogP contribution in [0.1, 0.15) is 68.4 Å². The second-order valence-corrected chi connectivity index (χ2v) is 9.85. The molecular formula is C22H22ClF3N6O2S. The van der Waals surface area contributed by atoms with Gasteiger partial charge < -0.3 is 10.6 Å². The number of thiazole rings is 1. The Morgan fingerprint density at radius 1 is 1.26 bits per heavy atom. The summed E-state index contributed by atoms with van der Waals surface area (Å²) in [5, 5.41) is 9.93. The molecule has 0 aromatic carbocycles. The lowest BCUT2D eigenvalue weighted by atomic mass is 10.0. The molecule has 13 heteroatoms. The van der Waals surface area contributed by atoms with Gasteiger partial charge in [0.25, 0.3) is 5.91 Å². The van der Waals surface area contributed by atoms with E-state index in [9.17, 15) is 22.8 Å². The summed E-state index contributed by atoms with van der Waals surface area (Å²) in [6, 6.07) is 1.17. The zero-order valence-electron chi connectivity index (χ0n) is 18.8. The van der Waals surface area contributed by atoms with Crippen molar-refractivity contribution in [3.8, 4) is 0 Å². The van der Waals surface area contributed by atoms with Gasteiger partial charge in [0.2, 0.25) is 0 Å². The fourth-order valence-corrected chi connectivity index (χ4v) is 4.51. The minimum Gasteiger partial charge on any atom is -0.308 e. The summed E-state index contributed by atoms with van der Waals surface area (Å²) in [7, 11) is 1.79. The second-order valence-electron chi connectivity index (χ2n) is 8.38. The van der Waals surface area contributed by atoms with Crippen LogP contribution in [0.2, 0.25) is 5.02 Å². The number of alkyl halides is 3. The molecule has 0 spiro atoms. The molecule has 3 aromatic rings. The number of nitrogens with one attached hydrogen (secondary N) is 2. The molecule has 1 aliphatic rings. The summed E-state index contributed by atoms with van der Waals surface area (Å²) >= 11 is 6.63. The number of aryl methyl sites for hydroxylation is 1. The number of halogens is 4. The van der Waals surface area contributed by atoms with Crippen LogP contribution in [-0.2, 0) is 19.8 Å². The molecule has 1 saturated carbocycles. The first-order valence-electron chi connectivity index (χ1n) is 10.8. The average Bonchev–Trinajstić information content (AvgIpc) is 3.34. The van der Waals surface area contributed by atoms with Crippen LogP contribution >= 0.6 is 22.9 Å². The Morgan fingerprint density at radius 3 is 2.69 bits per heavy atom. The van der Waals surface area contributed by atoms with Crippen LogP contribution in [0.4, 0.5) is 19.0 Å². The molecule has 3 heterocycles. The van der Waals surface area contributed by atoms with Crippen LogP contribution in [-0.4, -0.2) is 37.5 Å². The summed E-state index contributed by atoms with van der Waals surface area (Å²) in [6.45, 7) is 2.39. The van der Waals surface area contributed by atoms with E-state index in [0.29, 0.717) is 29.2 Å². The van der Waals surface area contributed by atoms with Crippen LogP contribution in [0.5, 0.6) is 0 Å². The van der Waals surface area contributed by atoms with Gasteiger partial charge in [0.15, 0.2) is 5.78 Å². The first-order chi connectivity index (χ1) is 16.5. The average molecular weight is 527 g/mol. The van der Waals surface area contributed by atoms with E-state index in [1.807, 2.05) is 6.92 Å². The van der Waals surface area contributed by atoms with Crippen LogP contribution in [0.3, 0.4) is 0 Å². The molecule has 1 atom stereocenters. The van der Waals surface area contributed by atoms with Crippen molar-refractivity contribution >= 4 is 40.4 Å². The Labute approximate surface area is 207 Å². The fraction of sp³-hybridized carbons (Fsp3) is 0.409. The molecule has 0 aliphatic heterocycles. The van der Waals surface area contributed by atoms with E-state index < -0.39 is 22.7 Å². The first kappa shape index (κ1) is 25.3. The molecule has 0 saturated heterocycles. The molecule has 1 amide bonds. The number of ketones is 1. The number of pyridine rings is 1. The largest absolute Gasteiger partial charge is 0.418 e. The zero-order valence-corrected chi connectivity index (χ0v) is 20.4. The van der Waals surface area contributed by atoms with Crippen molar-refractivity contribution in [1.82, 2.24) is 25.1 Å². The summed E-state index contributed by atoms with van der Waals surface area (Å²) in [4.78, 5) is 33.6. The minimum absolute atomic E-state index is 0.0792. The third-order valence-electron chi connectivity index (χ3n) is 5.56. The van der Waals surface area contributed by atoms with Gasteiger partial charge in [0.05, 0.1) is 39.2 Å². The standard InChI is InChI=1S/C22H22ClF3N6O2S/c1-11(5-17(33)13-7-30-32(2)16(13)9-27-12-3-4-12)21-29-10-18(35-21)20(34)31-19-6-14(22(24,25)26)15(23)8-28-19/h6-8,10-12,27H,3-5,9H2,1-2H3,(H,28,31,34)/t11-/m0/s1. The lowest BCUT2D eigenvalue weighted by molar-refractivity contribution is -0.137. The molecular weight excluding hydrogens is 505 g/mol. The maximum absolute atomic E-state index is 13.0. The van der Waals surface area contributed by atoms with Gasteiger partial charge in [-0.1, -0.05) is 18.5 Å². The third kappa shape index (κ3) is 6.06. The summed E-state index contributed by atoms with van der Waals surface area (Å²) in [5.41, 5.74) is 0.280. The number of rotatable bonds is 9. The van der Waals surface area contributed by atoms with Crippen LogP contribution < -0.4 is 10.6 Å². The molecule has 3 aromatic heterocycles. The molecule has 0 radical (unpaired) electrons. The third-order valence-corrected chi connectivity index (χ3v) is 7.09. The van der Waals surface area contributed by atoms with E-state index in [1.165, 1.54) is 6.20 Å². The van der Waals surface area contributed by atoms with Crippen molar-refractivity contribution in [3.05, 3.63) is 56.4 Å². The van der Waals surface area contributed by atoms with Gasteiger partial charge in [0.1, 0.15) is 10.7 Å². The number of aromatic nitrogens is 4. The number of carbonyl (C=O) groups excluding carboxylic acids is 2. The highest BCUT2D eigenvalue weighted by Crippen LogP contribution is 2.35. The molecule has 1 aliphatic carbocycles. The molecule has 0 bridgehead atoms. The van der Waals surface area contributed by atoms with Gasteiger partial charge in [0, 0.05) is 38.2 Å². The minimum atomic E-state index is -4.68. The predicted octanol–water partition coefficient (Wildman–Crippen LogP) is 4.82. The van der Waals surface area contributed by atoms with E-state index in [1.54, 1.807) is 17.9 Å². The number of Topliss-reactive ketones (excluding diaryl/α,β-unsaturated/α-hetero) is 1. The van der Waals surface area contributed by atoms with Crippen LogP contribution in [0, 0.1) is 0 Å². The van der Waals surface area contributed by atoms with Crippen molar-refractivity contribution in [2.75, 3.05) is 5.32 Å². The Hall–Kier alpha value is -2.83. The highest BCUT2D eigenvalue weighted by atomic mass is 35.5. The van der Waals surface area contributed by atoms with E-state index in [4.69, 9.17) is 11.6 Å². The number of amides is 1. The van der Waals surface area contributed by atoms with E-state index in [0.717, 1.165) is 36.1 Å². The van der Waals surface area contributed by atoms with Gasteiger partial charge in [-0.05, 0) is 18.9 Å². The SMILES string of the molecule is C[C@@H](CC(=O)c1cnn(C)c1CNC1CC1)c1ncc(C(=O)Nc2cc(C(F)(F)F)c(Cl)cn2)s1. The molecule has 186 valence electrons. The Morgan fingerprint density at radius 2 is 2.00 bits per heavy atom. The van der Waals surface area contributed by atoms with Crippen molar-refractivity contribution < 1.29 is 22.8 Å². The summed E-state index contributed by atoms with van der Waals surface area (Å²) in [5.74, 6) is -1.29. The predicted molar refractivity (Wildman–Crippen MR) is 125 cm³/mol. The molecule has 35 heavy (non-hydrogen) atoms. The molecule has 1 fully saturated rings. The number of hydrogen-bond donors (Lipinski definition) is 2. The Balaban J connectivity index is 1.40. The van der Waals surface area contributed by atoms with E-state index in [-0.39, 0.29) is 28.8 Å². The van der Waals surface area contributed by atoms with Crippen LogP contribution in [0.15, 0.2) is 24.7 Å². The number of nitrogens with zero attached hydrogens (tertiary/aromatic N) is 4. The molecule has 8 nitrogen and oxygen atoms in total. The van der Waals surface area contributed by atoms with Gasteiger partial charge in [-0.25, -0.2) is 9.97 Å². The lowest BCUT2D eigenvalue weighted by Crippen LogP contribution is -2.20. The van der Waals surface area contributed by atoms with Crippen molar-refractivity contribution in [3.63, 3.8) is 0 Å². The van der Waals surface area contributed by atoms with Gasteiger partial charge in [-0.2, -0.15) is 18.3 Å². The smallest absolute Gasteiger partial charge is 0.308 e. The maximum Gasteiger partial charge on any atom is 0.418 e. The quantitative estimate of drug-likeness (QED) is 0.387. The van der Waals surface area contributed by atoms with Gasteiger partial charge >= 0.3 is 6.18 Å². The molecule has 0 unspecified atom stereocenters. The summed E-state index contributed by atoms with van der Waals surface area (Å²) in [6.07, 6.45) is 1.48. The summed E-state index contributed by atoms with van der Waals surface area (Å²) < 4.78 is 40.8. The molecule has 2 N–H and O–H groups in total. The first-order valence-corrected chi connectivity index (χ1v) is 12.0. The highest BCUT2D eigenvalue weighted by molar-refractivity contribution is 7.13. The lowest BCUT2D eigenvalue weighted by Gasteiger charge is -2.10. The number of hydrogen-bond acceptors (Lipinski definition) is 7. The van der Waals surface area contributed by atoms with Gasteiger partial charge in [-0.3, -0.25) is 14.3 Å². The highest BCUT2D eigenvalue weighted by Gasteiger charge is 2.34. The van der Waals surface area contributed by atoms with Crippen LogP contribution in [0.25, 0.3) is 0 Å².